The van der Waals surface area contributed by atoms with Crippen LogP contribution in [0.1, 0.15) is 62.8 Å². The summed E-state index contributed by atoms with van der Waals surface area (Å²) < 4.78 is 6.24. The van der Waals surface area contributed by atoms with Crippen LogP contribution in [0.25, 0.3) is 0 Å². The first-order chi connectivity index (χ1) is 9.31. The van der Waals surface area contributed by atoms with Crippen LogP contribution >= 0.6 is 0 Å². The molecule has 0 aliphatic heterocycles. The second kappa shape index (κ2) is 7.01. The molecule has 20 heavy (non-hydrogen) atoms. The molecule has 0 spiro atoms. The van der Waals surface area contributed by atoms with E-state index in [0.29, 0.717) is 11.7 Å². The van der Waals surface area contributed by atoms with Crippen molar-refractivity contribution in [1.29, 1.82) is 0 Å². The minimum Gasteiger partial charge on any atom is -0.507 e. The van der Waals surface area contributed by atoms with Gasteiger partial charge in [0.15, 0.2) is 0 Å². The lowest BCUT2D eigenvalue weighted by Gasteiger charge is -2.25. The molecule has 1 atom stereocenters. The van der Waals surface area contributed by atoms with Gasteiger partial charge in [-0.3, -0.25) is 0 Å². The molecule has 0 saturated heterocycles. The topological polar surface area (TPSA) is 29.5 Å². The maximum Gasteiger partial charge on any atom is 0.126 e. The average Bonchev–Trinajstić information content (AvgIpc) is 2.41. The van der Waals surface area contributed by atoms with Gasteiger partial charge >= 0.3 is 0 Å². The highest BCUT2D eigenvalue weighted by atomic mass is 16.5. The Morgan fingerprint density at radius 1 is 1.00 bits per heavy atom. The summed E-state index contributed by atoms with van der Waals surface area (Å²) in [5, 5.41) is 10.3. The van der Waals surface area contributed by atoms with Crippen LogP contribution in [-0.4, -0.2) is 11.2 Å². The summed E-state index contributed by atoms with van der Waals surface area (Å²) in [4.78, 5) is 0. The quantitative estimate of drug-likeness (QED) is 0.786. The predicted octanol–water partition coefficient (Wildman–Crippen LogP) is 5.08. The van der Waals surface area contributed by atoms with Crippen LogP contribution in [0.2, 0.25) is 0 Å². The SMILES string of the molecule is CCCCc1c(C)c(O)c(C)c(C)c1O[C@@H](C)C(C)C. The summed E-state index contributed by atoms with van der Waals surface area (Å²) in [6.07, 6.45) is 3.41. The Bertz CT molecular complexity index is 461. The molecule has 0 unspecified atom stereocenters. The Kier molecular flexibility index (Phi) is 5.91. The van der Waals surface area contributed by atoms with Crippen molar-refractivity contribution in [3.05, 3.63) is 22.3 Å². The molecule has 0 amide bonds. The Morgan fingerprint density at radius 2 is 1.60 bits per heavy atom. The van der Waals surface area contributed by atoms with Gasteiger partial charge in [0.25, 0.3) is 0 Å². The molecule has 1 N–H and O–H groups in total. The van der Waals surface area contributed by atoms with E-state index in [2.05, 4.69) is 27.7 Å². The molecule has 1 aromatic rings. The van der Waals surface area contributed by atoms with E-state index in [1.807, 2.05) is 20.8 Å². The first kappa shape index (κ1) is 16.9. The first-order valence-corrected chi connectivity index (χ1v) is 7.79. The molecule has 0 fully saturated rings. The minimum absolute atomic E-state index is 0.178. The number of rotatable bonds is 6. The molecule has 2 nitrogen and oxygen atoms in total. The minimum atomic E-state index is 0.178. The average molecular weight is 278 g/mol. The van der Waals surface area contributed by atoms with Crippen molar-refractivity contribution >= 4 is 0 Å². The van der Waals surface area contributed by atoms with Crippen molar-refractivity contribution in [1.82, 2.24) is 0 Å². The Balaban J connectivity index is 3.30. The summed E-state index contributed by atoms with van der Waals surface area (Å²) in [5.74, 6) is 1.90. The smallest absolute Gasteiger partial charge is 0.126 e. The largest absolute Gasteiger partial charge is 0.507 e. The van der Waals surface area contributed by atoms with Crippen LogP contribution < -0.4 is 4.74 Å². The van der Waals surface area contributed by atoms with Gasteiger partial charge in [-0.15, -0.1) is 0 Å². The second-order valence-corrected chi connectivity index (χ2v) is 6.20. The zero-order valence-corrected chi connectivity index (χ0v) is 14.1. The fourth-order valence-corrected chi connectivity index (χ4v) is 2.30. The molecule has 0 bridgehead atoms. The van der Waals surface area contributed by atoms with Crippen molar-refractivity contribution < 1.29 is 9.84 Å². The van der Waals surface area contributed by atoms with E-state index < -0.39 is 0 Å². The van der Waals surface area contributed by atoms with Crippen LogP contribution in [0.3, 0.4) is 0 Å². The van der Waals surface area contributed by atoms with E-state index in [0.717, 1.165) is 41.7 Å². The van der Waals surface area contributed by atoms with Crippen molar-refractivity contribution in [2.75, 3.05) is 0 Å². The zero-order chi connectivity index (χ0) is 15.4. The fraction of sp³-hybridized carbons (Fsp3) is 0.667. The molecule has 1 aromatic carbocycles. The highest BCUT2D eigenvalue weighted by molar-refractivity contribution is 5.57. The molecule has 0 saturated carbocycles. The maximum absolute atomic E-state index is 10.3. The van der Waals surface area contributed by atoms with E-state index in [1.165, 1.54) is 5.56 Å². The molecule has 0 aliphatic carbocycles. The second-order valence-electron chi connectivity index (χ2n) is 6.20. The Morgan fingerprint density at radius 3 is 2.10 bits per heavy atom. The summed E-state index contributed by atoms with van der Waals surface area (Å²) in [6.45, 7) is 14.7. The van der Waals surface area contributed by atoms with E-state index in [4.69, 9.17) is 4.74 Å². The summed E-state index contributed by atoms with van der Waals surface area (Å²) >= 11 is 0. The number of hydrogen-bond acceptors (Lipinski definition) is 2. The number of phenols is 1. The lowest BCUT2D eigenvalue weighted by molar-refractivity contribution is 0.167. The summed E-state index contributed by atoms with van der Waals surface area (Å²) in [6, 6.07) is 0. The third kappa shape index (κ3) is 3.47. The normalized spacial score (nSPS) is 12.8. The Hall–Kier alpha value is -1.18. The molecular formula is C18H30O2. The number of unbranched alkanes of at least 4 members (excludes halogenated alkanes) is 1. The lowest BCUT2D eigenvalue weighted by Crippen LogP contribution is -2.20. The number of ether oxygens (including phenoxy) is 1. The van der Waals surface area contributed by atoms with Crippen molar-refractivity contribution in [3.8, 4) is 11.5 Å². The van der Waals surface area contributed by atoms with Gasteiger partial charge in [-0.2, -0.15) is 0 Å². The molecule has 0 radical (unpaired) electrons. The molecule has 0 heterocycles. The maximum atomic E-state index is 10.3. The molecule has 2 heteroatoms. The van der Waals surface area contributed by atoms with Crippen LogP contribution in [0.15, 0.2) is 0 Å². The van der Waals surface area contributed by atoms with Gasteiger partial charge < -0.3 is 9.84 Å². The fourth-order valence-electron chi connectivity index (χ4n) is 2.30. The highest BCUT2D eigenvalue weighted by Gasteiger charge is 2.20. The van der Waals surface area contributed by atoms with Crippen molar-refractivity contribution in [3.63, 3.8) is 0 Å². The summed E-state index contributed by atoms with van der Waals surface area (Å²) in [5.41, 5.74) is 4.17. The third-order valence-corrected chi connectivity index (χ3v) is 4.36. The zero-order valence-electron chi connectivity index (χ0n) is 14.1. The van der Waals surface area contributed by atoms with Gasteiger partial charge in [0.05, 0.1) is 6.10 Å². The van der Waals surface area contributed by atoms with Gasteiger partial charge in [0.2, 0.25) is 0 Å². The van der Waals surface area contributed by atoms with Crippen LogP contribution in [0.4, 0.5) is 0 Å². The number of hydrogen-bond donors (Lipinski definition) is 1. The Labute approximate surface area is 124 Å². The molecule has 0 aromatic heterocycles. The van der Waals surface area contributed by atoms with Crippen LogP contribution in [-0.2, 0) is 6.42 Å². The standard InChI is InChI=1S/C18H30O2/c1-8-9-10-16-14(6)17(19)12(4)13(5)18(16)20-15(7)11(2)3/h11,15,19H,8-10H2,1-7H3/t15-/m0/s1. The number of phenolic OH excluding ortho intramolecular Hbond substituents is 1. The molecular weight excluding hydrogens is 248 g/mol. The van der Waals surface area contributed by atoms with Crippen molar-refractivity contribution in [2.24, 2.45) is 5.92 Å². The number of aromatic hydroxyl groups is 1. The van der Waals surface area contributed by atoms with Gasteiger partial charge in [0, 0.05) is 5.56 Å². The molecule has 114 valence electrons. The van der Waals surface area contributed by atoms with E-state index in [-0.39, 0.29) is 6.10 Å². The van der Waals surface area contributed by atoms with Gasteiger partial charge in [-0.1, -0.05) is 27.2 Å². The monoisotopic (exact) mass is 278 g/mol. The summed E-state index contributed by atoms with van der Waals surface area (Å²) in [7, 11) is 0. The third-order valence-electron chi connectivity index (χ3n) is 4.36. The van der Waals surface area contributed by atoms with Gasteiger partial charge in [-0.25, -0.2) is 0 Å². The lowest BCUT2D eigenvalue weighted by atomic mass is 9.94. The predicted molar refractivity (Wildman–Crippen MR) is 85.9 cm³/mol. The number of benzene rings is 1. The van der Waals surface area contributed by atoms with Crippen LogP contribution in [0, 0.1) is 26.7 Å². The van der Waals surface area contributed by atoms with E-state index in [9.17, 15) is 5.11 Å². The van der Waals surface area contributed by atoms with Crippen LogP contribution in [0.5, 0.6) is 11.5 Å². The van der Waals surface area contributed by atoms with E-state index >= 15 is 0 Å². The van der Waals surface area contributed by atoms with Crippen molar-refractivity contribution in [2.45, 2.75) is 73.8 Å². The molecule has 1 rings (SSSR count). The highest BCUT2D eigenvalue weighted by Crippen LogP contribution is 2.38. The van der Waals surface area contributed by atoms with Gasteiger partial charge in [0.1, 0.15) is 11.5 Å². The van der Waals surface area contributed by atoms with E-state index in [1.54, 1.807) is 0 Å². The first-order valence-electron chi connectivity index (χ1n) is 7.79. The van der Waals surface area contributed by atoms with Gasteiger partial charge in [-0.05, 0) is 63.1 Å². The molecule has 0 aliphatic rings.